The lowest BCUT2D eigenvalue weighted by Crippen LogP contribution is -2.30. The Hall–Kier alpha value is -3.70. The molecule has 0 radical (unpaired) electrons. The van der Waals surface area contributed by atoms with E-state index in [-0.39, 0.29) is 11.5 Å². The Bertz CT molecular complexity index is 1150. The second kappa shape index (κ2) is 9.87. The Morgan fingerprint density at radius 1 is 0.839 bits per heavy atom. The van der Waals surface area contributed by atoms with Gasteiger partial charge in [-0.2, -0.15) is 0 Å². The van der Waals surface area contributed by atoms with E-state index in [4.69, 9.17) is 11.6 Å². The van der Waals surface area contributed by atoms with Crippen LogP contribution in [0.2, 0.25) is 5.02 Å². The third-order valence-corrected chi connectivity index (χ3v) is 4.91. The number of carbonyl (C=O) groups excluding carboxylic acids is 3. The number of hydrogen-bond acceptors (Lipinski definition) is 3. The maximum Gasteiger partial charge on any atom is 0.272 e. The van der Waals surface area contributed by atoms with E-state index >= 15 is 0 Å². The quantitative estimate of drug-likeness (QED) is 0.412. The summed E-state index contributed by atoms with van der Waals surface area (Å²) in [6, 6.07) is 20.5. The van der Waals surface area contributed by atoms with Crippen molar-refractivity contribution >= 4 is 41.0 Å². The Kier molecular flexibility index (Phi) is 7.00. The van der Waals surface area contributed by atoms with E-state index < -0.39 is 11.8 Å². The zero-order chi connectivity index (χ0) is 22.4. The molecule has 0 aliphatic heterocycles. The Morgan fingerprint density at radius 2 is 1.45 bits per heavy atom. The number of benzene rings is 3. The van der Waals surface area contributed by atoms with Crippen molar-refractivity contribution in [2.24, 2.45) is 0 Å². The van der Waals surface area contributed by atoms with Crippen LogP contribution < -0.4 is 10.6 Å². The minimum atomic E-state index is -0.518. The predicted octanol–water partition coefficient (Wildman–Crippen LogP) is 5.26. The summed E-state index contributed by atoms with van der Waals surface area (Å²) in [5.74, 6) is -1.00. The Balaban J connectivity index is 1.88. The summed E-state index contributed by atoms with van der Waals surface area (Å²) in [7, 11) is 0. The molecule has 0 saturated carbocycles. The molecule has 0 aliphatic carbocycles. The van der Waals surface area contributed by atoms with Gasteiger partial charge in [0.05, 0.1) is 0 Å². The molecule has 0 bridgehead atoms. The van der Waals surface area contributed by atoms with Crippen LogP contribution in [0.5, 0.6) is 0 Å². The van der Waals surface area contributed by atoms with Crippen molar-refractivity contribution in [2.45, 2.75) is 13.8 Å². The van der Waals surface area contributed by atoms with Crippen molar-refractivity contribution in [3.05, 3.63) is 106 Å². The van der Waals surface area contributed by atoms with Gasteiger partial charge < -0.3 is 10.6 Å². The molecule has 3 rings (SSSR count). The molecular formula is C25H21ClN2O3. The molecule has 5 nitrogen and oxygen atoms in total. The molecule has 3 aromatic rings. The van der Waals surface area contributed by atoms with E-state index in [2.05, 4.69) is 10.6 Å². The lowest BCUT2D eigenvalue weighted by molar-refractivity contribution is -0.113. The number of halogens is 1. The van der Waals surface area contributed by atoms with Crippen LogP contribution in [-0.4, -0.2) is 17.6 Å². The molecule has 0 heterocycles. The van der Waals surface area contributed by atoms with E-state index in [0.29, 0.717) is 27.4 Å². The van der Waals surface area contributed by atoms with Crippen molar-refractivity contribution in [1.82, 2.24) is 5.32 Å². The van der Waals surface area contributed by atoms with E-state index in [1.807, 2.05) is 19.1 Å². The first-order chi connectivity index (χ1) is 14.8. The molecular weight excluding hydrogens is 412 g/mol. The molecule has 2 N–H and O–H groups in total. The van der Waals surface area contributed by atoms with Crippen LogP contribution in [0.15, 0.2) is 78.5 Å². The van der Waals surface area contributed by atoms with Gasteiger partial charge in [-0.05, 0) is 68.0 Å². The average Bonchev–Trinajstić information content (AvgIpc) is 2.75. The fourth-order valence-electron chi connectivity index (χ4n) is 2.79. The van der Waals surface area contributed by atoms with Gasteiger partial charge in [0, 0.05) is 21.8 Å². The highest BCUT2D eigenvalue weighted by Crippen LogP contribution is 2.19. The van der Waals surface area contributed by atoms with Crippen LogP contribution in [0.25, 0.3) is 6.08 Å². The van der Waals surface area contributed by atoms with Crippen molar-refractivity contribution in [3.8, 4) is 0 Å². The first kappa shape index (κ1) is 22.0. The average molecular weight is 433 g/mol. The third-order valence-electron chi connectivity index (χ3n) is 4.56. The monoisotopic (exact) mass is 432 g/mol. The summed E-state index contributed by atoms with van der Waals surface area (Å²) in [6.45, 7) is 3.40. The fraction of sp³-hybridized carbons (Fsp3) is 0.0800. The van der Waals surface area contributed by atoms with Crippen LogP contribution in [0.4, 0.5) is 5.69 Å². The van der Waals surface area contributed by atoms with Gasteiger partial charge in [0.2, 0.25) is 0 Å². The van der Waals surface area contributed by atoms with E-state index in [1.54, 1.807) is 60.7 Å². The first-order valence-corrected chi connectivity index (χ1v) is 9.98. The van der Waals surface area contributed by atoms with Crippen LogP contribution >= 0.6 is 11.6 Å². The van der Waals surface area contributed by atoms with Gasteiger partial charge in [0.25, 0.3) is 11.8 Å². The van der Waals surface area contributed by atoms with Crippen LogP contribution in [-0.2, 0) is 4.79 Å². The van der Waals surface area contributed by atoms with Gasteiger partial charge in [-0.25, -0.2) is 0 Å². The van der Waals surface area contributed by atoms with E-state index in [9.17, 15) is 14.4 Å². The second-order valence-corrected chi connectivity index (χ2v) is 7.39. The zero-order valence-electron chi connectivity index (χ0n) is 17.1. The first-order valence-electron chi connectivity index (χ1n) is 9.60. The van der Waals surface area contributed by atoms with Gasteiger partial charge >= 0.3 is 0 Å². The highest BCUT2D eigenvalue weighted by atomic mass is 35.5. The van der Waals surface area contributed by atoms with Crippen LogP contribution in [0.3, 0.4) is 0 Å². The van der Waals surface area contributed by atoms with Gasteiger partial charge in [-0.3, -0.25) is 14.4 Å². The maximum atomic E-state index is 13.0. The summed E-state index contributed by atoms with van der Waals surface area (Å²) in [5.41, 5.74) is 3.10. The van der Waals surface area contributed by atoms with E-state index in [1.165, 1.54) is 13.0 Å². The highest BCUT2D eigenvalue weighted by molar-refractivity contribution is 6.32. The molecule has 0 aliphatic rings. The molecule has 0 spiro atoms. The van der Waals surface area contributed by atoms with Gasteiger partial charge in [0.1, 0.15) is 5.70 Å². The summed E-state index contributed by atoms with van der Waals surface area (Å²) in [6.07, 6.45) is 1.52. The number of nitrogens with one attached hydrogen (secondary N) is 2. The third kappa shape index (κ3) is 5.90. The highest BCUT2D eigenvalue weighted by Gasteiger charge is 2.16. The number of rotatable bonds is 6. The van der Waals surface area contributed by atoms with Crippen molar-refractivity contribution in [3.63, 3.8) is 0 Å². The van der Waals surface area contributed by atoms with Gasteiger partial charge in [-0.15, -0.1) is 0 Å². The topological polar surface area (TPSA) is 75.3 Å². The van der Waals surface area contributed by atoms with E-state index in [0.717, 1.165) is 5.56 Å². The molecule has 0 saturated heterocycles. The SMILES string of the molecule is CC(=O)c1ccc(NC(=O)/C(=C/c2ccccc2Cl)NC(=O)c2ccc(C)cc2)cc1. The van der Waals surface area contributed by atoms with Gasteiger partial charge in [0.15, 0.2) is 5.78 Å². The summed E-state index contributed by atoms with van der Waals surface area (Å²) in [4.78, 5) is 37.1. The number of ketones is 1. The standard InChI is InChI=1S/C25H21ClN2O3/c1-16-7-9-19(10-8-16)24(30)28-23(15-20-5-3-4-6-22(20)26)25(31)27-21-13-11-18(12-14-21)17(2)29/h3-15H,1-2H3,(H,27,31)(H,28,30)/b23-15-. The molecule has 0 unspecified atom stereocenters. The van der Waals surface area contributed by atoms with Gasteiger partial charge in [-0.1, -0.05) is 47.5 Å². The molecule has 0 fully saturated rings. The number of aryl methyl sites for hydroxylation is 1. The number of Topliss-reactive ketones (excluding diaryl/α,β-unsaturated/α-hetero) is 1. The smallest absolute Gasteiger partial charge is 0.272 e. The molecule has 0 aromatic heterocycles. The molecule has 6 heteroatoms. The van der Waals surface area contributed by atoms with Crippen molar-refractivity contribution < 1.29 is 14.4 Å². The number of hydrogen-bond donors (Lipinski definition) is 2. The fourth-order valence-corrected chi connectivity index (χ4v) is 2.98. The molecule has 156 valence electrons. The van der Waals surface area contributed by atoms with Crippen molar-refractivity contribution in [2.75, 3.05) is 5.32 Å². The number of carbonyl (C=O) groups is 3. The predicted molar refractivity (Wildman–Crippen MR) is 123 cm³/mol. The Labute approximate surface area is 185 Å². The van der Waals surface area contributed by atoms with Crippen LogP contribution in [0, 0.1) is 6.92 Å². The molecule has 3 aromatic carbocycles. The molecule has 0 atom stereocenters. The normalized spacial score (nSPS) is 11.0. The summed E-state index contributed by atoms with van der Waals surface area (Å²) in [5, 5.41) is 5.86. The summed E-state index contributed by atoms with van der Waals surface area (Å²) >= 11 is 6.23. The minimum absolute atomic E-state index is 0.0364. The van der Waals surface area contributed by atoms with Crippen LogP contribution in [0.1, 0.15) is 38.8 Å². The maximum absolute atomic E-state index is 13.0. The molecule has 2 amide bonds. The number of anilines is 1. The zero-order valence-corrected chi connectivity index (χ0v) is 17.9. The minimum Gasteiger partial charge on any atom is -0.321 e. The lowest BCUT2D eigenvalue weighted by atomic mass is 10.1. The second-order valence-electron chi connectivity index (χ2n) is 6.99. The summed E-state index contributed by atoms with van der Waals surface area (Å²) < 4.78 is 0. The molecule has 31 heavy (non-hydrogen) atoms. The lowest BCUT2D eigenvalue weighted by Gasteiger charge is -2.12. The van der Waals surface area contributed by atoms with Crippen molar-refractivity contribution in [1.29, 1.82) is 0 Å². The Morgan fingerprint density at radius 3 is 2.06 bits per heavy atom. The number of amides is 2. The largest absolute Gasteiger partial charge is 0.321 e.